The highest BCUT2D eigenvalue weighted by Gasteiger charge is 2.35. The third kappa shape index (κ3) is 2.58. The van der Waals surface area contributed by atoms with Crippen molar-refractivity contribution < 1.29 is 0 Å². The minimum atomic E-state index is 0.349. The van der Waals surface area contributed by atoms with Gasteiger partial charge in [0.1, 0.15) is 0 Å². The van der Waals surface area contributed by atoms with Gasteiger partial charge in [-0.3, -0.25) is 4.68 Å². The summed E-state index contributed by atoms with van der Waals surface area (Å²) in [6, 6.07) is 0.387. The standard InChI is InChI=1S/C13H22BrN3/c1-4-17-11(12(14)9(2)16-17)8-13(3)6-5-10(15)7-13/h10H,4-8,15H2,1-3H3. The largest absolute Gasteiger partial charge is 0.328 e. The van der Waals surface area contributed by atoms with E-state index in [1.54, 1.807) is 0 Å². The monoisotopic (exact) mass is 299 g/mol. The molecule has 0 spiro atoms. The maximum Gasteiger partial charge on any atom is 0.0738 e. The summed E-state index contributed by atoms with van der Waals surface area (Å²) in [7, 11) is 0. The summed E-state index contributed by atoms with van der Waals surface area (Å²) in [6.45, 7) is 7.49. The van der Waals surface area contributed by atoms with Gasteiger partial charge in [-0.1, -0.05) is 6.92 Å². The smallest absolute Gasteiger partial charge is 0.0738 e. The number of rotatable bonds is 3. The molecule has 1 aromatic heterocycles. The first-order valence-corrected chi connectivity index (χ1v) is 7.22. The van der Waals surface area contributed by atoms with E-state index in [1.807, 2.05) is 0 Å². The maximum absolute atomic E-state index is 6.04. The molecule has 0 radical (unpaired) electrons. The second-order valence-electron chi connectivity index (χ2n) is 5.65. The van der Waals surface area contributed by atoms with E-state index in [2.05, 4.69) is 46.5 Å². The molecule has 17 heavy (non-hydrogen) atoms. The Morgan fingerprint density at radius 3 is 2.82 bits per heavy atom. The highest BCUT2D eigenvalue weighted by molar-refractivity contribution is 9.10. The Balaban J connectivity index is 2.23. The van der Waals surface area contributed by atoms with Crippen LogP contribution in [-0.4, -0.2) is 15.8 Å². The average molecular weight is 300 g/mol. The topological polar surface area (TPSA) is 43.8 Å². The molecule has 1 aliphatic rings. The lowest BCUT2D eigenvalue weighted by molar-refractivity contribution is 0.318. The van der Waals surface area contributed by atoms with Crippen molar-refractivity contribution in [1.29, 1.82) is 0 Å². The second kappa shape index (κ2) is 4.73. The molecule has 2 rings (SSSR count). The molecular formula is C13H22BrN3. The molecule has 2 atom stereocenters. The highest BCUT2D eigenvalue weighted by atomic mass is 79.9. The zero-order valence-electron chi connectivity index (χ0n) is 11.0. The van der Waals surface area contributed by atoms with Crippen LogP contribution in [0.3, 0.4) is 0 Å². The zero-order chi connectivity index (χ0) is 12.6. The molecular weight excluding hydrogens is 278 g/mol. The van der Waals surface area contributed by atoms with E-state index in [1.165, 1.54) is 16.6 Å². The summed E-state index contributed by atoms with van der Waals surface area (Å²) in [5, 5.41) is 4.56. The number of aryl methyl sites for hydroxylation is 2. The summed E-state index contributed by atoms with van der Waals surface area (Å²) >= 11 is 3.67. The van der Waals surface area contributed by atoms with Gasteiger partial charge >= 0.3 is 0 Å². The van der Waals surface area contributed by atoms with Crippen LogP contribution < -0.4 is 5.73 Å². The molecule has 0 bridgehead atoms. The van der Waals surface area contributed by atoms with Crippen LogP contribution in [0.5, 0.6) is 0 Å². The van der Waals surface area contributed by atoms with E-state index < -0.39 is 0 Å². The van der Waals surface area contributed by atoms with Gasteiger partial charge in [0.2, 0.25) is 0 Å². The summed E-state index contributed by atoms with van der Waals surface area (Å²) in [6.07, 6.45) is 4.60. The van der Waals surface area contributed by atoms with Gasteiger partial charge in [0, 0.05) is 12.6 Å². The molecule has 0 aliphatic heterocycles. The first kappa shape index (κ1) is 13.1. The van der Waals surface area contributed by atoms with Gasteiger partial charge in [0.15, 0.2) is 0 Å². The highest BCUT2D eigenvalue weighted by Crippen LogP contribution is 2.41. The van der Waals surface area contributed by atoms with E-state index in [9.17, 15) is 0 Å². The van der Waals surface area contributed by atoms with Crippen LogP contribution >= 0.6 is 15.9 Å². The van der Waals surface area contributed by atoms with Crippen molar-refractivity contribution in [2.75, 3.05) is 0 Å². The van der Waals surface area contributed by atoms with Crippen LogP contribution in [0, 0.1) is 12.3 Å². The normalized spacial score (nSPS) is 28.9. The van der Waals surface area contributed by atoms with E-state index in [4.69, 9.17) is 5.73 Å². The van der Waals surface area contributed by atoms with Crippen LogP contribution in [0.1, 0.15) is 44.5 Å². The molecule has 3 nitrogen and oxygen atoms in total. The van der Waals surface area contributed by atoms with Crippen LogP contribution in [0.4, 0.5) is 0 Å². The Hall–Kier alpha value is -0.350. The van der Waals surface area contributed by atoms with Gasteiger partial charge in [-0.15, -0.1) is 0 Å². The summed E-state index contributed by atoms with van der Waals surface area (Å²) in [4.78, 5) is 0. The molecule has 1 aliphatic carbocycles. The molecule has 96 valence electrons. The van der Waals surface area contributed by atoms with Crippen LogP contribution in [-0.2, 0) is 13.0 Å². The minimum Gasteiger partial charge on any atom is -0.328 e. The quantitative estimate of drug-likeness (QED) is 0.932. The first-order chi connectivity index (χ1) is 7.95. The minimum absolute atomic E-state index is 0.349. The number of nitrogens with zero attached hydrogens (tertiary/aromatic N) is 2. The third-order valence-electron chi connectivity index (χ3n) is 3.92. The molecule has 1 saturated carbocycles. The number of nitrogens with two attached hydrogens (primary N) is 1. The van der Waals surface area contributed by atoms with Crippen molar-refractivity contribution in [3.05, 3.63) is 15.9 Å². The lowest BCUT2D eigenvalue weighted by Crippen LogP contribution is -2.22. The fourth-order valence-electron chi connectivity index (χ4n) is 2.97. The molecule has 1 aromatic rings. The van der Waals surface area contributed by atoms with Crippen molar-refractivity contribution in [2.24, 2.45) is 11.1 Å². The molecule has 0 aromatic carbocycles. The first-order valence-electron chi connectivity index (χ1n) is 6.42. The lowest BCUT2D eigenvalue weighted by Gasteiger charge is -2.24. The molecule has 1 fully saturated rings. The van der Waals surface area contributed by atoms with Crippen LogP contribution in [0.25, 0.3) is 0 Å². The van der Waals surface area contributed by atoms with Gasteiger partial charge in [-0.25, -0.2) is 0 Å². The van der Waals surface area contributed by atoms with E-state index in [-0.39, 0.29) is 0 Å². The molecule has 0 amide bonds. The predicted molar refractivity (Wildman–Crippen MR) is 74.0 cm³/mol. The Bertz CT molecular complexity index is 413. The molecule has 4 heteroatoms. The Labute approximate surface area is 112 Å². The number of aromatic nitrogens is 2. The van der Waals surface area contributed by atoms with Crippen molar-refractivity contribution >= 4 is 15.9 Å². The van der Waals surface area contributed by atoms with Gasteiger partial charge in [0.05, 0.1) is 15.9 Å². The van der Waals surface area contributed by atoms with Gasteiger partial charge < -0.3 is 5.73 Å². The summed E-state index contributed by atoms with van der Waals surface area (Å²) < 4.78 is 3.30. The van der Waals surface area contributed by atoms with Gasteiger partial charge in [-0.05, 0) is 60.9 Å². The fraction of sp³-hybridized carbons (Fsp3) is 0.769. The van der Waals surface area contributed by atoms with Crippen molar-refractivity contribution in [2.45, 2.75) is 59.0 Å². The summed E-state index contributed by atoms with van der Waals surface area (Å²) in [5.41, 5.74) is 8.82. The SMILES string of the molecule is CCn1nc(C)c(Br)c1CC1(C)CCC(N)C1. The maximum atomic E-state index is 6.04. The van der Waals surface area contributed by atoms with Crippen LogP contribution in [0.2, 0.25) is 0 Å². The predicted octanol–water partition coefficient (Wildman–Crippen LogP) is 3.03. The Morgan fingerprint density at radius 1 is 1.59 bits per heavy atom. The van der Waals surface area contributed by atoms with E-state index >= 15 is 0 Å². The molecule has 1 heterocycles. The van der Waals surface area contributed by atoms with Gasteiger partial charge in [-0.2, -0.15) is 5.10 Å². The fourth-order valence-corrected chi connectivity index (χ4v) is 3.40. The Morgan fingerprint density at radius 2 is 2.29 bits per heavy atom. The molecule has 0 saturated heterocycles. The van der Waals surface area contributed by atoms with Crippen molar-refractivity contribution in [3.63, 3.8) is 0 Å². The third-order valence-corrected chi connectivity index (χ3v) is 4.95. The van der Waals surface area contributed by atoms with Gasteiger partial charge in [0.25, 0.3) is 0 Å². The number of halogens is 1. The van der Waals surface area contributed by atoms with Crippen molar-refractivity contribution in [1.82, 2.24) is 9.78 Å². The van der Waals surface area contributed by atoms with E-state index in [0.717, 1.165) is 31.5 Å². The zero-order valence-corrected chi connectivity index (χ0v) is 12.5. The van der Waals surface area contributed by atoms with Crippen molar-refractivity contribution in [3.8, 4) is 0 Å². The van der Waals surface area contributed by atoms with Crippen LogP contribution in [0.15, 0.2) is 4.47 Å². The molecule has 2 unspecified atom stereocenters. The van der Waals surface area contributed by atoms with E-state index in [0.29, 0.717) is 11.5 Å². The number of hydrogen-bond acceptors (Lipinski definition) is 2. The summed E-state index contributed by atoms with van der Waals surface area (Å²) in [5.74, 6) is 0. The lowest BCUT2D eigenvalue weighted by atomic mass is 9.83. The Kier molecular flexibility index (Phi) is 3.64. The second-order valence-corrected chi connectivity index (χ2v) is 6.45. The number of hydrogen-bond donors (Lipinski definition) is 1. The molecule has 2 N–H and O–H groups in total. The average Bonchev–Trinajstić information content (AvgIpc) is 2.74.